The molecule has 256 valence electrons. The van der Waals surface area contributed by atoms with Crippen LogP contribution in [-0.2, 0) is 0 Å². The fraction of sp³-hybridized carbons (Fsp3) is 0. The molecule has 55 heavy (non-hydrogen) atoms. The van der Waals surface area contributed by atoms with E-state index >= 15 is 0 Å². The Balaban J connectivity index is 1.04. The Morgan fingerprint density at radius 3 is 1.49 bits per heavy atom. The predicted octanol–water partition coefficient (Wildman–Crippen LogP) is 15.4. The molecule has 10 aromatic carbocycles. The van der Waals surface area contributed by atoms with Crippen molar-refractivity contribution in [1.29, 1.82) is 0 Å². The van der Waals surface area contributed by atoms with Crippen LogP contribution in [0.5, 0.6) is 0 Å². The van der Waals surface area contributed by atoms with Crippen LogP contribution in [0.4, 0.5) is 0 Å². The molecule has 0 fully saturated rings. The predicted molar refractivity (Wildman–Crippen MR) is 233 cm³/mol. The van der Waals surface area contributed by atoms with E-state index in [0.29, 0.717) is 0 Å². The number of benzene rings is 10. The second kappa shape index (κ2) is 12.7. The van der Waals surface area contributed by atoms with Crippen LogP contribution in [0.2, 0.25) is 0 Å². The lowest BCUT2D eigenvalue weighted by molar-refractivity contribution is 0.670. The van der Waals surface area contributed by atoms with E-state index < -0.39 is 0 Å². The molecule has 0 atom stereocenters. The van der Waals surface area contributed by atoms with Gasteiger partial charge in [0.2, 0.25) is 0 Å². The van der Waals surface area contributed by atoms with Crippen molar-refractivity contribution >= 4 is 54.3 Å². The summed E-state index contributed by atoms with van der Waals surface area (Å²) in [7, 11) is 0. The van der Waals surface area contributed by atoms with Crippen LogP contribution < -0.4 is 0 Å². The summed E-state index contributed by atoms with van der Waals surface area (Å²) in [6.07, 6.45) is 0. The first kappa shape index (κ1) is 31.3. The van der Waals surface area contributed by atoms with E-state index in [1.54, 1.807) is 0 Å². The third kappa shape index (κ3) is 5.16. The van der Waals surface area contributed by atoms with Gasteiger partial charge in [0.25, 0.3) is 0 Å². The zero-order valence-corrected chi connectivity index (χ0v) is 30.0. The summed E-state index contributed by atoms with van der Waals surface area (Å²) in [5.41, 5.74) is 13.8. The Morgan fingerprint density at radius 2 is 0.745 bits per heavy atom. The van der Waals surface area contributed by atoms with Gasteiger partial charge >= 0.3 is 0 Å². The van der Waals surface area contributed by atoms with Crippen LogP contribution in [-0.4, -0.2) is 0 Å². The molecule has 11 rings (SSSR count). The van der Waals surface area contributed by atoms with Crippen molar-refractivity contribution in [3.63, 3.8) is 0 Å². The average Bonchev–Trinajstić information content (AvgIpc) is 3.65. The number of para-hydroxylation sites is 2. The van der Waals surface area contributed by atoms with Crippen LogP contribution in [0.25, 0.3) is 110 Å². The second-order valence-electron chi connectivity index (χ2n) is 14.4. The molecule has 0 spiro atoms. The maximum Gasteiger partial charge on any atom is 0.143 e. The molecular weight excluding hydrogens is 665 g/mol. The molecule has 0 aliphatic rings. The van der Waals surface area contributed by atoms with Gasteiger partial charge in [-0.1, -0.05) is 188 Å². The lowest BCUT2D eigenvalue weighted by Gasteiger charge is -2.18. The Labute approximate surface area is 319 Å². The smallest absolute Gasteiger partial charge is 0.143 e. The zero-order chi connectivity index (χ0) is 36.3. The number of fused-ring (bicyclic) bond motifs is 6. The largest absolute Gasteiger partial charge is 0.455 e. The molecule has 11 aromatic rings. The Kier molecular flexibility index (Phi) is 7.25. The summed E-state index contributed by atoms with van der Waals surface area (Å²) in [6, 6.07) is 74.7. The Hall–Kier alpha value is -7.22. The molecule has 1 heterocycles. The topological polar surface area (TPSA) is 13.1 Å². The molecule has 1 aromatic heterocycles. The van der Waals surface area contributed by atoms with Gasteiger partial charge in [-0.05, 0) is 101 Å². The van der Waals surface area contributed by atoms with Gasteiger partial charge in [-0.2, -0.15) is 0 Å². The van der Waals surface area contributed by atoms with Crippen molar-refractivity contribution in [2.75, 3.05) is 0 Å². The molecule has 0 N–H and O–H groups in total. The molecule has 0 unspecified atom stereocenters. The van der Waals surface area contributed by atoms with E-state index in [-0.39, 0.29) is 0 Å². The van der Waals surface area contributed by atoms with E-state index in [1.165, 1.54) is 76.8 Å². The first-order valence-corrected chi connectivity index (χ1v) is 18.9. The van der Waals surface area contributed by atoms with E-state index in [1.807, 2.05) is 12.1 Å². The van der Waals surface area contributed by atoms with Crippen LogP contribution in [0.3, 0.4) is 0 Å². The highest BCUT2D eigenvalue weighted by Gasteiger charge is 2.19. The summed E-state index contributed by atoms with van der Waals surface area (Å²) in [5.74, 6) is 0. The van der Waals surface area contributed by atoms with Gasteiger partial charge in [0.15, 0.2) is 0 Å². The van der Waals surface area contributed by atoms with Gasteiger partial charge < -0.3 is 4.42 Å². The van der Waals surface area contributed by atoms with Crippen molar-refractivity contribution in [3.8, 4) is 55.6 Å². The summed E-state index contributed by atoms with van der Waals surface area (Å²) in [5, 5.41) is 9.79. The van der Waals surface area contributed by atoms with Gasteiger partial charge in [0.05, 0.1) is 0 Å². The van der Waals surface area contributed by atoms with E-state index in [9.17, 15) is 0 Å². The molecule has 0 aliphatic heterocycles. The highest BCUT2D eigenvalue weighted by Crippen LogP contribution is 2.45. The summed E-state index contributed by atoms with van der Waals surface area (Å²) >= 11 is 0. The standard InChI is InChI=1S/C54H34O/c1-2-14-38-33-40(32-27-35(38)13-1)39-15-11-16-41(34-39)53-47-22-7-5-20-45(47)52(46-21-6-8-23-48(46)53)37-30-28-36(29-31-37)42-17-3-4-18-43(42)49-24-12-25-50-44-19-9-10-26-51(44)55-54(49)50/h1-34H. The first-order valence-electron chi connectivity index (χ1n) is 18.9. The molecule has 0 aliphatic carbocycles. The molecule has 0 amide bonds. The third-order valence-electron chi connectivity index (χ3n) is 11.3. The molecule has 0 saturated heterocycles. The molecular formula is C54H34O. The average molecular weight is 699 g/mol. The first-order chi connectivity index (χ1) is 27.3. The fourth-order valence-electron chi connectivity index (χ4n) is 8.72. The number of hydrogen-bond donors (Lipinski definition) is 0. The third-order valence-corrected chi connectivity index (χ3v) is 11.3. The minimum atomic E-state index is 0.912. The normalized spacial score (nSPS) is 11.6. The van der Waals surface area contributed by atoms with Gasteiger partial charge in [0.1, 0.15) is 11.2 Å². The highest BCUT2D eigenvalue weighted by atomic mass is 16.3. The summed E-state index contributed by atoms with van der Waals surface area (Å²) in [4.78, 5) is 0. The SMILES string of the molecule is c1cc(-c2ccc3ccccc3c2)cc(-c2c3ccccc3c(-c3ccc(-c4ccccc4-c4cccc5c4oc4ccccc45)cc3)c3ccccc23)c1. The molecule has 1 nitrogen and oxygen atoms in total. The lowest BCUT2D eigenvalue weighted by atomic mass is 9.85. The van der Waals surface area contributed by atoms with Gasteiger partial charge in [-0.3, -0.25) is 0 Å². The highest BCUT2D eigenvalue weighted by molar-refractivity contribution is 6.21. The minimum Gasteiger partial charge on any atom is -0.455 e. The molecule has 0 saturated carbocycles. The molecule has 1 heteroatoms. The van der Waals surface area contributed by atoms with Crippen molar-refractivity contribution in [2.45, 2.75) is 0 Å². The fourth-order valence-corrected chi connectivity index (χ4v) is 8.72. The quantitative estimate of drug-likeness (QED) is 0.163. The lowest BCUT2D eigenvalue weighted by Crippen LogP contribution is -1.91. The van der Waals surface area contributed by atoms with E-state index in [4.69, 9.17) is 4.42 Å². The van der Waals surface area contributed by atoms with Crippen LogP contribution in [0.15, 0.2) is 211 Å². The molecule has 0 radical (unpaired) electrons. The van der Waals surface area contributed by atoms with Crippen LogP contribution in [0, 0.1) is 0 Å². The van der Waals surface area contributed by atoms with Gasteiger partial charge in [0, 0.05) is 16.3 Å². The molecule has 0 bridgehead atoms. The minimum absolute atomic E-state index is 0.912. The zero-order valence-electron chi connectivity index (χ0n) is 30.0. The maximum absolute atomic E-state index is 6.47. The monoisotopic (exact) mass is 698 g/mol. The van der Waals surface area contributed by atoms with E-state index in [2.05, 4.69) is 194 Å². The van der Waals surface area contributed by atoms with Crippen molar-refractivity contribution < 1.29 is 4.42 Å². The second-order valence-corrected chi connectivity index (χ2v) is 14.4. The van der Waals surface area contributed by atoms with Gasteiger partial charge in [-0.15, -0.1) is 0 Å². The maximum atomic E-state index is 6.47. The summed E-state index contributed by atoms with van der Waals surface area (Å²) < 4.78 is 6.47. The van der Waals surface area contributed by atoms with Crippen molar-refractivity contribution in [2.24, 2.45) is 0 Å². The summed E-state index contributed by atoms with van der Waals surface area (Å²) in [6.45, 7) is 0. The Morgan fingerprint density at radius 1 is 0.255 bits per heavy atom. The van der Waals surface area contributed by atoms with Crippen LogP contribution >= 0.6 is 0 Å². The number of rotatable bonds is 5. The Bertz CT molecular complexity index is 3200. The van der Waals surface area contributed by atoms with Crippen molar-refractivity contribution in [3.05, 3.63) is 206 Å². The van der Waals surface area contributed by atoms with E-state index in [0.717, 1.165) is 33.1 Å². The van der Waals surface area contributed by atoms with Crippen LogP contribution in [0.1, 0.15) is 0 Å². The van der Waals surface area contributed by atoms with Gasteiger partial charge in [-0.25, -0.2) is 0 Å². The van der Waals surface area contributed by atoms with Crippen molar-refractivity contribution in [1.82, 2.24) is 0 Å². The number of hydrogen-bond acceptors (Lipinski definition) is 1. The number of furan rings is 1.